The van der Waals surface area contributed by atoms with Crippen LogP contribution in [0.5, 0.6) is 5.75 Å². The van der Waals surface area contributed by atoms with Crippen molar-refractivity contribution in [2.45, 2.75) is 6.61 Å². The van der Waals surface area contributed by atoms with Gasteiger partial charge in [-0.05, 0) is 64.0 Å². The second-order valence-corrected chi connectivity index (χ2v) is 7.99. The SMILES string of the molecule is O=C1NN(c2ccccc2)C(=O)/C1=C\c1cc(Cl)cc(Br)c1OCc1ccc(F)cc1. The van der Waals surface area contributed by atoms with Crippen molar-refractivity contribution in [2.75, 3.05) is 5.01 Å². The Bertz CT molecular complexity index is 1180. The summed E-state index contributed by atoms with van der Waals surface area (Å²) in [6.07, 6.45) is 1.44. The summed E-state index contributed by atoms with van der Waals surface area (Å²) in [7, 11) is 0. The van der Waals surface area contributed by atoms with E-state index in [0.717, 1.165) is 5.56 Å². The largest absolute Gasteiger partial charge is 0.487 e. The molecule has 1 saturated heterocycles. The third kappa shape index (κ3) is 4.62. The molecule has 1 aliphatic heterocycles. The summed E-state index contributed by atoms with van der Waals surface area (Å²) in [6, 6.07) is 18.0. The molecule has 1 heterocycles. The van der Waals surface area contributed by atoms with Gasteiger partial charge in [-0.2, -0.15) is 0 Å². The van der Waals surface area contributed by atoms with Gasteiger partial charge in [-0.25, -0.2) is 9.40 Å². The summed E-state index contributed by atoms with van der Waals surface area (Å²) >= 11 is 9.60. The van der Waals surface area contributed by atoms with Crippen molar-refractivity contribution >= 4 is 51.1 Å². The van der Waals surface area contributed by atoms with Gasteiger partial charge in [0.15, 0.2) is 0 Å². The second kappa shape index (κ2) is 8.91. The van der Waals surface area contributed by atoms with Gasteiger partial charge in [0.05, 0.1) is 10.2 Å². The molecule has 4 rings (SSSR count). The molecule has 0 saturated carbocycles. The summed E-state index contributed by atoms with van der Waals surface area (Å²) in [5.41, 5.74) is 4.26. The molecule has 0 aromatic heterocycles. The Morgan fingerprint density at radius 3 is 2.48 bits per heavy atom. The Hall–Kier alpha value is -3.16. The molecular weight excluding hydrogens is 487 g/mol. The molecule has 156 valence electrons. The number of ether oxygens (including phenoxy) is 1. The van der Waals surface area contributed by atoms with Crippen molar-refractivity contribution in [3.05, 3.63) is 98.7 Å². The van der Waals surface area contributed by atoms with E-state index in [9.17, 15) is 14.0 Å². The normalized spacial score (nSPS) is 14.8. The average molecular weight is 502 g/mol. The van der Waals surface area contributed by atoms with Gasteiger partial charge in [0.1, 0.15) is 23.7 Å². The Morgan fingerprint density at radius 1 is 1.06 bits per heavy atom. The number of hydrogen-bond acceptors (Lipinski definition) is 3. The van der Waals surface area contributed by atoms with Crippen molar-refractivity contribution in [2.24, 2.45) is 0 Å². The van der Waals surface area contributed by atoms with Crippen LogP contribution in [0.4, 0.5) is 10.1 Å². The minimum absolute atomic E-state index is 0.0512. The van der Waals surface area contributed by atoms with Gasteiger partial charge in [-0.15, -0.1) is 0 Å². The van der Waals surface area contributed by atoms with Gasteiger partial charge in [0.25, 0.3) is 11.8 Å². The van der Waals surface area contributed by atoms with Crippen molar-refractivity contribution in [3.63, 3.8) is 0 Å². The molecule has 0 unspecified atom stereocenters. The van der Waals surface area contributed by atoms with Gasteiger partial charge in [-0.3, -0.25) is 15.0 Å². The topological polar surface area (TPSA) is 58.6 Å². The number of nitrogens with zero attached hydrogens (tertiary/aromatic N) is 1. The van der Waals surface area contributed by atoms with Crippen LogP contribution < -0.4 is 15.2 Å². The monoisotopic (exact) mass is 500 g/mol. The van der Waals surface area contributed by atoms with Gasteiger partial charge in [-0.1, -0.05) is 41.9 Å². The van der Waals surface area contributed by atoms with E-state index in [-0.39, 0.29) is 18.0 Å². The summed E-state index contributed by atoms with van der Waals surface area (Å²) in [6.45, 7) is 0.160. The number of para-hydroxylation sites is 1. The highest BCUT2D eigenvalue weighted by molar-refractivity contribution is 9.10. The molecule has 3 aromatic rings. The lowest BCUT2D eigenvalue weighted by Crippen LogP contribution is -2.35. The second-order valence-electron chi connectivity index (χ2n) is 6.70. The zero-order valence-electron chi connectivity index (χ0n) is 15.9. The van der Waals surface area contributed by atoms with Crippen molar-refractivity contribution in [1.29, 1.82) is 0 Å². The van der Waals surface area contributed by atoms with E-state index in [1.165, 1.54) is 23.2 Å². The van der Waals surface area contributed by atoms with Crippen molar-refractivity contribution in [3.8, 4) is 5.75 Å². The van der Waals surface area contributed by atoms with Crippen LogP contribution >= 0.6 is 27.5 Å². The van der Waals surface area contributed by atoms with Crippen LogP contribution in [0.15, 0.2) is 76.8 Å². The summed E-state index contributed by atoms with van der Waals surface area (Å²) in [5.74, 6) is -0.957. The number of nitrogens with one attached hydrogen (secondary N) is 1. The minimum Gasteiger partial charge on any atom is -0.487 e. The van der Waals surface area contributed by atoms with Crippen LogP contribution in [-0.4, -0.2) is 11.8 Å². The number of carbonyl (C=O) groups is 2. The Balaban J connectivity index is 1.65. The zero-order valence-corrected chi connectivity index (χ0v) is 18.3. The number of halogens is 3. The van der Waals surface area contributed by atoms with E-state index in [0.29, 0.717) is 26.5 Å². The smallest absolute Gasteiger partial charge is 0.282 e. The fraction of sp³-hybridized carbons (Fsp3) is 0.0435. The number of hydrogen-bond donors (Lipinski definition) is 1. The first-order valence-electron chi connectivity index (χ1n) is 9.21. The van der Waals surface area contributed by atoms with E-state index in [2.05, 4.69) is 21.4 Å². The molecule has 1 aliphatic rings. The maximum atomic E-state index is 13.1. The van der Waals surface area contributed by atoms with Crippen molar-refractivity contribution < 1.29 is 18.7 Å². The molecule has 1 fully saturated rings. The zero-order chi connectivity index (χ0) is 22.0. The van der Waals surface area contributed by atoms with Crippen molar-refractivity contribution in [1.82, 2.24) is 5.43 Å². The van der Waals surface area contributed by atoms with Crippen LogP contribution in [0, 0.1) is 5.82 Å². The van der Waals surface area contributed by atoms with Gasteiger partial charge < -0.3 is 4.74 Å². The number of carbonyl (C=O) groups excluding carboxylic acids is 2. The number of anilines is 1. The van der Waals surface area contributed by atoms with Gasteiger partial charge in [0, 0.05) is 10.6 Å². The predicted octanol–water partition coefficient (Wildman–Crippen LogP) is 5.28. The number of rotatable bonds is 5. The van der Waals surface area contributed by atoms with Crippen LogP contribution in [0.25, 0.3) is 6.08 Å². The average Bonchev–Trinajstić information content (AvgIpc) is 3.03. The quantitative estimate of drug-likeness (QED) is 0.382. The minimum atomic E-state index is -0.533. The fourth-order valence-corrected chi connectivity index (χ4v) is 4.00. The van der Waals surface area contributed by atoms with E-state index in [4.69, 9.17) is 16.3 Å². The molecule has 3 aromatic carbocycles. The number of hydrazine groups is 1. The highest BCUT2D eigenvalue weighted by Gasteiger charge is 2.34. The highest BCUT2D eigenvalue weighted by Crippen LogP contribution is 2.35. The third-order valence-corrected chi connectivity index (χ3v) is 5.35. The Labute approximate surface area is 191 Å². The van der Waals surface area contributed by atoms with E-state index in [1.807, 2.05) is 6.07 Å². The van der Waals surface area contributed by atoms with E-state index < -0.39 is 11.8 Å². The van der Waals surface area contributed by atoms with Crippen LogP contribution in [0.1, 0.15) is 11.1 Å². The lowest BCUT2D eigenvalue weighted by molar-refractivity contribution is -0.117. The Morgan fingerprint density at radius 2 is 1.77 bits per heavy atom. The number of benzene rings is 3. The van der Waals surface area contributed by atoms with Gasteiger partial charge in [0.2, 0.25) is 0 Å². The van der Waals surface area contributed by atoms with Gasteiger partial charge >= 0.3 is 0 Å². The van der Waals surface area contributed by atoms with Crippen LogP contribution in [0.2, 0.25) is 5.02 Å². The molecule has 1 N–H and O–H groups in total. The molecule has 0 bridgehead atoms. The predicted molar refractivity (Wildman–Crippen MR) is 120 cm³/mol. The molecule has 0 spiro atoms. The number of amides is 2. The lowest BCUT2D eigenvalue weighted by atomic mass is 10.1. The summed E-state index contributed by atoms with van der Waals surface area (Å²) in [5, 5.41) is 1.59. The van der Waals surface area contributed by atoms with E-state index in [1.54, 1.807) is 48.5 Å². The fourth-order valence-electron chi connectivity index (χ4n) is 3.05. The molecule has 0 aliphatic carbocycles. The van der Waals surface area contributed by atoms with E-state index >= 15 is 0 Å². The summed E-state index contributed by atoms with van der Waals surface area (Å²) < 4.78 is 19.6. The highest BCUT2D eigenvalue weighted by atomic mass is 79.9. The lowest BCUT2D eigenvalue weighted by Gasteiger charge is -2.14. The molecule has 8 heteroatoms. The first-order valence-corrected chi connectivity index (χ1v) is 10.4. The first kappa shape index (κ1) is 21.1. The van der Waals surface area contributed by atoms with Crippen LogP contribution in [0.3, 0.4) is 0 Å². The molecule has 5 nitrogen and oxygen atoms in total. The molecule has 2 amide bonds. The maximum absolute atomic E-state index is 13.1. The summed E-state index contributed by atoms with van der Waals surface area (Å²) in [4.78, 5) is 25.4. The first-order chi connectivity index (χ1) is 14.9. The molecule has 0 radical (unpaired) electrons. The molecule has 31 heavy (non-hydrogen) atoms. The third-order valence-electron chi connectivity index (χ3n) is 4.54. The standard InChI is InChI=1S/C23H15BrClFN2O3/c24-20-12-16(25)10-15(21(20)31-13-14-6-8-17(26)9-7-14)11-19-22(29)27-28(23(19)30)18-4-2-1-3-5-18/h1-12H,13H2,(H,27,29)/b19-11-. The maximum Gasteiger partial charge on any atom is 0.282 e. The molecular formula is C23H15BrClFN2O3. The van der Waals surface area contributed by atoms with Crippen LogP contribution in [-0.2, 0) is 16.2 Å². The molecule has 0 atom stereocenters. The Kier molecular flexibility index (Phi) is 6.06.